The third-order valence-electron chi connectivity index (χ3n) is 7.19. The second-order valence-corrected chi connectivity index (χ2v) is 9.95. The molecule has 0 aliphatic carbocycles. The highest BCUT2D eigenvalue weighted by molar-refractivity contribution is 6.02. The number of aromatic hydroxyl groups is 2. The Morgan fingerprint density at radius 2 is 1.73 bits per heavy atom. The Balaban J connectivity index is 1.41. The predicted molar refractivity (Wildman–Crippen MR) is 130 cm³/mol. The van der Waals surface area contributed by atoms with Gasteiger partial charge in [0.25, 0.3) is 0 Å². The minimum atomic E-state index is -2.03. The normalized spacial score (nSPS) is 35.7. The molecule has 3 aliphatic heterocycles. The second-order valence-electron chi connectivity index (χ2n) is 9.95. The van der Waals surface area contributed by atoms with Gasteiger partial charge in [0, 0.05) is 12.1 Å². The summed E-state index contributed by atoms with van der Waals surface area (Å²) in [6.07, 6.45) is -11.9. The fourth-order valence-electron chi connectivity index (χ4n) is 4.85. The van der Waals surface area contributed by atoms with Gasteiger partial charge in [-0.1, -0.05) is 12.1 Å². The smallest absolute Gasteiger partial charge is 0.229 e. The Bertz CT molecular complexity index is 1220. The van der Waals surface area contributed by atoms with Gasteiger partial charge in [-0.3, -0.25) is 4.79 Å². The van der Waals surface area contributed by atoms with Crippen molar-refractivity contribution < 1.29 is 69.3 Å². The molecule has 8 N–H and O–H groups in total. The molecular formula is C26H30O14. The summed E-state index contributed by atoms with van der Waals surface area (Å²) in [6.45, 7) is -2.04. The maximum absolute atomic E-state index is 12.8. The highest BCUT2D eigenvalue weighted by atomic mass is 16.8. The number of aliphatic hydroxyl groups excluding tert-OH is 5. The Hall–Kier alpha value is -3.05. The van der Waals surface area contributed by atoms with Crippen LogP contribution in [0.5, 0.6) is 23.0 Å². The molecule has 14 heteroatoms. The molecule has 2 saturated heterocycles. The zero-order valence-electron chi connectivity index (χ0n) is 20.9. The van der Waals surface area contributed by atoms with Gasteiger partial charge in [-0.05, 0) is 17.7 Å². The van der Waals surface area contributed by atoms with Crippen molar-refractivity contribution in [1.82, 2.24) is 0 Å². The summed E-state index contributed by atoms with van der Waals surface area (Å²) in [5, 5.41) is 81.0. The zero-order chi connectivity index (χ0) is 28.8. The third kappa shape index (κ3) is 5.21. The molecular weight excluding hydrogens is 536 g/mol. The number of ketones is 1. The van der Waals surface area contributed by atoms with Gasteiger partial charge in [-0.2, -0.15) is 0 Å². The highest BCUT2D eigenvalue weighted by Crippen LogP contribution is 2.43. The van der Waals surface area contributed by atoms with Crippen molar-refractivity contribution in [3.63, 3.8) is 0 Å². The van der Waals surface area contributed by atoms with Crippen LogP contribution in [-0.2, 0) is 14.2 Å². The summed E-state index contributed by atoms with van der Waals surface area (Å²) < 4.78 is 28.2. The van der Waals surface area contributed by atoms with E-state index in [1.165, 1.54) is 18.2 Å². The largest absolute Gasteiger partial charge is 0.508 e. The molecule has 2 aromatic rings. The van der Waals surface area contributed by atoms with Crippen molar-refractivity contribution in [3.05, 3.63) is 47.5 Å². The zero-order valence-corrected chi connectivity index (χ0v) is 20.9. The minimum Gasteiger partial charge on any atom is -0.508 e. The van der Waals surface area contributed by atoms with Crippen LogP contribution in [-0.4, -0.2) is 115 Å². The number of Topliss-reactive ketones (excluding diaryl/α,β-unsaturated/α-hetero) is 1. The average Bonchev–Trinajstić information content (AvgIpc) is 3.21. The van der Waals surface area contributed by atoms with Crippen LogP contribution < -0.4 is 9.47 Å². The summed E-state index contributed by atoms with van der Waals surface area (Å²) in [7, 11) is 0. The maximum Gasteiger partial charge on any atom is 0.229 e. The lowest BCUT2D eigenvalue weighted by Crippen LogP contribution is -2.62. The molecule has 3 heterocycles. The van der Waals surface area contributed by atoms with E-state index in [0.717, 1.165) is 6.07 Å². The molecule has 2 fully saturated rings. The van der Waals surface area contributed by atoms with Crippen molar-refractivity contribution >= 4 is 5.78 Å². The average molecular weight is 567 g/mol. The molecule has 0 amide bonds. The number of phenolic OH excluding ortho intramolecular Hbond substituents is 2. The molecule has 218 valence electrons. The van der Waals surface area contributed by atoms with E-state index in [-0.39, 0.29) is 29.2 Å². The predicted octanol–water partition coefficient (Wildman–Crippen LogP) is -1.55. The Morgan fingerprint density at radius 1 is 1.00 bits per heavy atom. The van der Waals surface area contributed by atoms with Crippen molar-refractivity contribution in [2.45, 2.75) is 61.2 Å². The minimum absolute atomic E-state index is 0.0144. The van der Waals surface area contributed by atoms with Gasteiger partial charge in [0.05, 0.1) is 26.2 Å². The molecule has 40 heavy (non-hydrogen) atoms. The van der Waals surface area contributed by atoms with Gasteiger partial charge in [-0.25, -0.2) is 0 Å². The van der Waals surface area contributed by atoms with E-state index < -0.39 is 86.2 Å². The van der Waals surface area contributed by atoms with E-state index in [1.807, 2.05) is 0 Å². The van der Waals surface area contributed by atoms with E-state index in [2.05, 4.69) is 0 Å². The molecule has 3 aliphatic rings. The van der Waals surface area contributed by atoms with Crippen molar-refractivity contribution in [2.75, 3.05) is 19.8 Å². The number of benzene rings is 2. The number of hydrogen-bond donors (Lipinski definition) is 8. The number of ether oxygens (including phenoxy) is 5. The van der Waals surface area contributed by atoms with E-state index in [0.29, 0.717) is 5.56 Å². The topological polar surface area (TPSA) is 225 Å². The Morgan fingerprint density at radius 3 is 2.38 bits per heavy atom. The van der Waals surface area contributed by atoms with E-state index in [4.69, 9.17) is 23.7 Å². The highest BCUT2D eigenvalue weighted by Gasteiger charge is 2.53. The van der Waals surface area contributed by atoms with Gasteiger partial charge >= 0.3 is 0 Å². The van der Waals surface area contributed by atoms with Crippen LogP contribution >= 0.6 is 0 Å². The molecule has 2 aromatic carbocycles. The number of phenols is 2. The molecule has 0 bridgehead atoms. The first kappa shape index (κ1) is 28.5. The SMILES string of the molecule is O=C1CC(c2ccc(O)cc2)Oc2cc(O[C@@H]3O[C@H](CO)[C@@H](O)[C@H](O)[C@H]3O[C@@H]3OC[C@](O)(CO)[C@H]3O)cc(O)c21. The summed E-state index contributed by atoms with van der Waals surface area (Å²) in [5.41, 5.74) is -1.50. The van der Waals surface area contributed by atoms with Gasteiger partial charge < -0.3 is 64.5 Å². The Kier molecular flexibility index (Phi) is 7.89. The van der Waals surface area contributed by atoms with Gasteiger partial charge in [0.15, 0.2) is 18.2 Å². The van der Waals surface area contributed by atoms with Crippen LogP contribution in [0.3, 0.4) is 0 Å². The van der Waals surface area contributed by atoms with Gasteiger partial charge in [0.2, 0.25) is 6.29 Å². The van der Waals surface area contributed by atoms with Crippen LogP contribution in [0.2, 0.25) is 0 Å². The summed E-state index contributed by atoms with van der Waals surface area (Å²) in [5.74, 6) is -0.944. The fraction of sp³-hybridized carbons (Fsp3) is 0.500. The molecule has 14 nitrogen and oxygen atoms in total. The molecule has 5 rings (SSSR count). The first-order chi connectivity index (χ1) is 19.0. The molecule has 0 radical (unpaired) electrons. The lowest BCUT2D eigenvalue weighted by atomic mass is 9.95. The number of carbonyl (C=O) groups excluding carboxylic acids is 1. The first-order valence-electron chi connectivity index (χ1n) is 12.5. The lowest BCUT2D eigenvalue weighted by molar-refractivity contribution is -0.318. The number of aliphatic hydroxyl groups is 6. The maximum atomic E-state index is 12.8. The van der Waals surface area contributed by atoms with E-state index in [1.54, 1.807) is 12.1 Å². The number of fused-ring (bicyclic) bond motifs is 1. The third-order valence-corrected chi connectivity index (χ3v) is 7.19. The molecule has 0 aromatic heterocycles. The van der Waals surface area contributed by atoms with Crippen LogP contribution in [0.15, 0.2) is 36.4 Å². The number of hydrogen-bond acceptors (Lipinski definition) is 14. The van der Waals surface area contributed by atoms with Gasteiger partial charge in [-0.15, -0.1) is 0 Å². The second kappa shape index (κ2) is 11.1. The molecule has 0 spiro atoms. The van der Waals surface area contributed by atoms with Crippen LogP contribution in [0, 0.1) is 0 Å². The first-order valence-corrected chi connectivity index (χ1v) is 12.5. The van der Waals surface area contributed by atoms with Crippen molar-refractivity contribution in [1.29, 1.82) is 0 Å². The van der Waals surface area contributed by atoms with Gasteiger partial charge in [0.1, 0.15) is 64.7 Å². The number of carbonyl (C=O) groups is 1. The lowest BCUT2D eigenvalue weighted by Gasteiger charge is -2.42. The quantitative estimate of drug-likeness (QED) is 0.190. The van der Waals surface area contributed by atoms with Crippen LogP contribution in [0.25, 0.3) is 0 Å². The summed E-state index contributed by atoms with van der Waals surface area (Å²) in [6, 6.07) is 8.49. The number of rotatable bonds is 7. The summed E-state index contributed by atoms with van der Waals surface area (Å²) in [4.78, 5) is 12.8. The van der Waals surface area contributed by atoms with Crippen LogP contribution in [0.4, 0.5) is 0 Å². The molecule has 0 saturated carbocycles. The van der Waals surface area contributed by atoms with E-state index in [9.17, 15) is 45.6 Å². The summed E-state index contributed by atoms with van der Waals surface area (Å²) >= 11 is 0. The van der Waals surface area contributed by atoms with Crippen molar-refractivity contribution in [2.24, 2.45) is 0 Å². The molecule has 1 unspecified atom stereocenters. The monoisotopic (exact) mass is 566 g/mol. The molecule has 9 atom stereocenters. The van der Waals surface area contributed by atoms with Crippen molar-refractivity contribution in [3.8, 4) is 23.0 Å². The standard InChI is InChI=1S/C26H30O14/c27-8-18-20(32)21(33)22(40-25-23(34)26(35,9-28)10-36-25)24(39-18)37-13-5-14(30)19-15(31)7-16(38-17(19)6-13)11-1-3-12(29)4-2-11/h1-6,16,18,20-25,27-30,32-35H,7-10H2/t16?,18-,20-,21+,22-,23+,24-,25+,26-/m1/s1. The van der Waals surface area contributed by atoms with Crippen LogP contribution in [0.1, 0.15) is 28.4 Å². The fourth-order valence-corrected chi connectivity index (χ4v) is 4.85. The van der Waals surface area contributed by atoms with E-state index >= 15 is 0 Å². The Labute approximate surface area is 227 Å².